The van der Waals surface area contributed by atoms with Crippen LogP contribution in [0.1, 0.15) is 17.6 Å². The maximum atomic E-state index is 4.49. The average molecular weight is 207 g/mol. The second-order valence-corrected chi connectivity index (χ2v) is 4.40. The molecule has 0 unspecified atom stereocenters. The van der Waals surface area contributed by atoms with E-state index in [-0.39, 0.29) is 0 Å². The van der Waals surface area contributed by atoms with E-state index in [1.807, 2.05) is 7.05 Å². The van der Waals surface area contributed by atoms with Crippen molar-refractivity contribution in [2.45, 2.75) is 20.3 Å². The third-order valence-corrected chi connectivity index (χ3v) is 3.06. The van der Waals surface area contributed by atoms with Crippen LogP contribution in [-0.2, 0) is 6.42 Å². The number of thiophene rings is 1. The largest absolute Gasteiger partial charge is 0.372 e. The van der Waals surface area contributed by atoms with Gasteiger partial charge in [0.05, 0.1) is 5.39 Å². The van der Waals surface area contributed by atoms with Gasteiger partial charge in [-0.1, -0.05) is 6.92 Å². The Morgan fingerprint density at radius 2 is 2.21 bits per heavy atom. The van der Waals surface area contributed by atoms with Crippen molar-refractivity contribution in [2.24, 2.45) is 0 Å². The molecule has 3 nitrogen and oxygen atoms in total. The van der Waals surface area contributed by atoms with Gasteiger partial charge in [0, 0.05) is 18.3 Å². The zero-order chi connectivity index (χ0) is 10.1. The van der Waals surface area contributed by atoms with Gasteiger partial charge in [0.15, 0.2) is 0 Å². The van der Waals surface area contributed by atoms with Gasteiger partial charge in [-0.25, -0.2) is 9.97 Å². The van der Waals surface area contributed by atoms with Crippen LogP contribution >= 0.6 is 11.3 Å². The number of aryl methyl sites for hydroxylation is 2. The fraction of sp³-hybridized carbons (Fsp3) is 0.400. The van der Waals surface area contributed by atoms with Crippen molar-refractivity contribution < 1.29 is 0 Å². The molecule has 1 N–H and O–H groups in total. The van der Waals surface area contributed by atoms with E-state index in [2.05, 4.69) is 35.2 Å². The van der Waals surface area contributed by atoms with Crippen molar-refractivity contribution >= 4 is 27.4 Å². The van der Waals surface area contributed by atoms with Crippen molar-refractivity contribution in [2.75, 3.05) is 12.4 Å². The average Bonchev–Trinajstić information content (AvgIpc) is 2.56. The molecule has 4 heteroatoms. The highest BCUT2D eigenvalue weighted by Gasteiger charge is 2.07. The summed E-state index contributed by atoms with van der Waals surface area (Å²) in [7, 11) is 1.90. The maximum Gasteiger partial charge on any atom is 0.138 e. The quantitative estimate of drug-likeness (QED) is 0.822. The van der Waals surface area contributed by atoms with Crippen molar-refractivity contribution in [1.29, 1.82) is 0 Å². The van der Waals surface area contributed by atoms with Gasteiger partial charge in [-0.05, 0) is 13.0 Å². The van der Waals surface area contributed by atoms with Crippen LogP contribution in [0.3, 0.4) is 0 Å². The second-order valence-electron chi connectivity index (χ2n) is 3.17. The van der Waals surface area contributed by atoms with Gasteiger partial charge in [-0.3, -0.25) is 0 Å². The van der Waals surface area contributed by atoms with Crippen LogP contribution < -0.4 is 5.32 Å². The molecule has 2 rings (SSSR count). The second kappa shape index (κ2) is 3.53. The minimum Gasteiger partial charge on any atom is -0.372 e. The normalized spacial score (nSPS) is 10.8. The van der Waals surface area contributed by atoms with Crippen LogP contribution in [0.25, 0.3) is 10.2 Å². The molecule has 0 amide bonds. The molecule has 0 atom stereocenters. The molecule has 0 radical (unpaired) electrons. The number of rotatable bonds is 2. The highest BCUT2D eigenvalue weighted by atomic mass is 32.1. The van der Waals surface area contributed by atoms with Gasteiger partial charge < -0.3 is 5.32 Å². The third kappa shape index (κ3) is 1.46. The fourth-order valence-corrected chi connectivity index (χ4v) is 2.33. The number of nitrogens with zero attached hydrogens (tertiary/aromatic N) is 2. The van der Waals surface area contributed by atoms with Gasteiger partial charge in [-0.2, -0.15) is 0 Å². The number of aromatic nitrogens is 2. The Balaban J connectivity index is 2.72. The van der Waals surface area contributed by atoms with Crippen molar-refractivity contribution in [3.63, 3.8) is 0 Å². The lowest BCUT2D eigenvalue weighted by Gasteiger charge is -2.02. The van der Waals surface area contributed by atoms with E-state index in [1.165, 1.54) is 4.88 Å². The maximum absolute atomic E-state index is 4.49. The predicted molar refractivity (Wildman–Crippen MR) is 61.1 cm³/mol. The molecule has 2 heterocycles. The Morgan fingerprint density at radius 3 is 2.86 bits per heavy atom. The molecule has 0 fully saturated rings. The molecular weight excluding hydrogens is 194 g/mol. The number of nitrogens with one attached hydrogen (secondary N) is 1. The first-order chi connectivity index (χ1) is 6.74. The smallest absolute Gasteiger partial charge is 0.138 e. The lowest BCUT2D eigenvalue weighted by molar-refractivity contribution is 0.965. The summed E-state index contributed by atoms with van der Waals surface area (Å²) in [6, 6.07) is 2.13. The van der Waals surface area contributed by atoms with Crippen LogP contribution in [0.5, 0.6) is 0 Å². The molecule has 0 bridgehead atoms. The van der Waals surface area contributed by atoms with Crippen LogP contribution in [0.2, 0.25) is 0 Å². The van der Waals surface area contributed by atoms with Crippen LogP contribution in [0.4, 0.5) is 5.82 Å². The van der Waals surface area contributed by atoms with E-state index >= 15 is 0 Å². The molecule has 0 saturated heterocycles. The molecule has 74 valence electrons. The molecule has 0 spiro atoms. The Bertz CT molecular complexity index is 462. The lowest BCUT2D eigenvalue weighted by atomic mass is 10.3. The number of anilines is 1. The molecule has 0 aliphatic rings. The van der Waals surface area contributed by atoms with E-state index in [1.54, 1.807) is 11.3 Å². The zero-order valence-electron chi connectivity index (χ0n) is 8.59. The molecule has 0 aliphatic carbocycles. The number of hydrogen-bond donors (Lipinski definition) is 1. The predicted octanol–water partition coefficient (Wildman–Crippen LogP) is 2.60. The summed E-state index contributed by atoms with van der Waals surface area (Å²) in [4.78, 5) is 11.3. The molecule has 2 aromatic heterocycles. The van der Waals surface area contributed by atoms with E-state index < -0.39 is 0 Å². The van der Waals surface area contributed by atoms with E-state index in [0.29, 0.717) is 0 Å². The Hall–Kier alpha value is -1.16. The van der Waals surface area contributed by atoms with Crippen LogP contribution in [-0.4, -0.2) is 17.0 Å². The summed E-state index contributed by atoms with van der Waals surface area (Å²) in [6.07, 6.45) is 0.877. The lowest BCUT2D eigenvalue weighted by Crippen LogP contribution is -1.98. The molecule has 0 saturated carbocycles. The zero-order valence-corrected chi connectivity index (χ0v) is 9.40. The fourth-order valence-electron chi connectivity index (χ4n) is 1.43. The molecule has 14 heavy (non-hydrogen) atoms. The first kappa shape index (κ1) is 9.40. The minimum absolute atomic E-state index is 0.877. The third-order valence-electron chi connectivity index (χ3n) is 2.12. The Morgan fingerprint density at radius 1 is 1.43 bits per heavy atom. The van der Waals surface area contributed by atoms with Crippen LogP contribution in [0, 0.1) is 6.92 Å². The monoisotopic (exact) mass is 207 g/mol. The SMILES string of the molecule is CCc1nc(NC)c2cc(C)sc2n1. The van der Waals surface area contributed by atoms with Crippen molar-refractivity contribution in [3.05, 3.63) is 16.8 Å². The van der Waals surface area contributed by atoms with E-state index in [0.717, 1.165) is 28.3 Å². The highest BCUT2D eigenvalue weighted by molar-refractivity contribution is 7.18. The van der Waals surface area contributed by atoms with Gasteiger partial charge in [-0.15, -0.1) is 11.3 Å². The van der Waals surface area contributed by atoms with Crippen LogP contribution in [0.15, 0.2) is 6.07 Å². The van der Waals surface area contributed by atoms with Crippen molar-refractivity contribution in [1.82, 2.24) is 9.97 Å². The Labute approximate surface area is 87.2 Å². The molecule has 0 aromatic carbocycles. The summed E-state index contributed by atoms with van der Waals surface area (Å²) < 4.78 is 0. The van der Waals surface area contributed by atoms with Crippen molar-refractivity contribution in [3.8, 4) is 0 Å². The van der Waals surface area contributed by atoms with Gasteiger partial charge in [0.25, 0.3) is 0 Å². The highest BCUT2D eigenvalue weighted by Crippen LogP contribution is 2.28. The Kier molecular flexibility index (Phi) is 2.37. The van der Waals surface area contributed by atoms with E-state index in [4.69, 9.17) is 0 Å². The molecular formula is C10H13N3S. The summed E-state index contributed by atoms with van der Waals surface area (Å²) in [5, 5.41) is 4.25. The molecule has 2 aromatic rings. The summed E-state index contributed by atoms with van der Waals surface area (Å²) >= 11 is 1.72. The number of hydrogen-bond acceptors (Lipinski definition) is 4. The first-order valence-electron chi connectivity index (χ1n) is 4.69. The summed E-state index contributed by atoms with van der Waals surface area (Å²) in [5.41, 5.74) is 0. The topological polar surface area (TPSA) is 37.8 Å². The number of fused-ring (bicyclic) bond motifs is 1. The molecule has 0 aliphatic heterocycles. The summed E-state index contributed by atoms with van der Waals surface area (Å²) in [6.45, 7) is 4.17. The first-order valence-corrected chi connectivity index (χ1v) is 5.51. The summed E-state index contributed by atoms with van der Waals surface area (Å²) in [5.74, 6) is 1.85. The van der Waals surface area contributed by atoms with Gasteiger partial charge >= 0.3 is 0 Å². The minimum atomic E-state index is 0.877. The standard InChI is InChI=1S/C10H13N3S/c1-4-8-12-9(11-3)7-5-6(2)14-10(7)13-8/h5H,4H2,1-3H3,(H,11,12,13). The van der Waals surface area contributed by atoms with Gasteiger partial charge in [0.1, 0.15) is 16.5 Å². The van der Waals surface area contributed by atoms with E-state index in [9.17, 15) is 0 Å². The van der Waals surface area contributed by atoms with Gasteiger partial charge in [0.2, 0.25) is 0 Å².